The van der Waals surface area contributed by atoms with Crippen LogP contribution in [0.25, 0.3) is 0 Å². The topological polar surface area (TPSA) is 60.8 Å². The molecule has 0 radical (unpaired) electrons. The maximum atomic E-state index is 12.2. The molecule has 2 N–H and O–H groups in total. The smallest absolute Gasteiger partial charge is 0.254 e. The summed E-state index contributed by atoms with van der Waals surface area (Å²) in [4.78, 5) is 13.8. The van der Waals surface area contributed by atoms with Crippen molar-refractivity contribution < 1.29 is 15.0 Å². The van der Waals surface area contributed by atoms with Crippen molar-refractivity contribution in [3.63, 3.8) is 0 Å². The first-order valence-corrected chi connectivity index (χ1v) is 6.30. The fraction of sp³-hybridized carbons (Fsp3) is 0.188. The summed E-state index contributed by atoms with van der Waals surface area (Å²) in [6.07, 6.45) is 0. The predicted octanol–water partition coefficient (Wildman–Crippen LogP) is 2.68. The van der Waals surface area contributed by atoms with Gasteiger partial charge in [0.15, 0.2) is 0 Å². The van der Waals surface area contributed by atoms with Gasteiger partial charge in [0, 0.05) is 25.2 Å². The summed E-state index contributed by atoms with van der Waals surface area (Å²) in [5, 5.41) is 18.8. The molecule has 0 atom stereocenters. The van der Waals surface area contributed by atoms with Crippen molar-refractivity contribution in [2.75, 3.05) is 7.05 Å². The number of hydrogen-bond acceptors (Lipinski definition) is 3. The molecule has 0 aliphatic carbocycles. The second-order valence-corrected chi connectivity index (χ2v) is 4.88. The Balaban J connectivity index is 2.14. The summed E-state index contributed by atoms with van der Waals surface area (Å²) in [6, 6.07) is 11.8. The van der Waals surface area contributed by atoms with Gasteiger partial charge in [0.25, 0.3) is 5.91 Å². The molecule has 0 saturated carbocycles. The first-order chi connectivity index (χ1) is 9.45. The van der Waals surface area contributed by atoms with E-state index in [9.17, 15) is 15.0 Å². The standard InChI is InChI=1S/C16H17NO3/c1-11-3-5-12(6-4-11)10-17(2)16(20)13-7-14(18)9-15(19)8-13/h3-9,18-19H,10H2,1-2H3. The Labute approximate surface area is 117 Å². The summed E-state index contributed by atoms with van der Waals surface area (Å²) in [7, 11) is 1.68. The Morgan fingerprint density at radius 3 is 2.15 bits per heavy atom. The van der Waals surface area contributed by atoms with Crippen molar-refractivity contribution in [2.24, 2.45) is 0 Å². The van der Waals surface area contributed by atoms with Crippen LogP contribution in [0.4, 0.5) is 0 Å². The Morgan fingerprint density at radius 1 is 1.05 bits per heavy atom. The lowest BCUT2D eigenvalue weighted by atomic mass is 10.1. The Bertz CT molecular complexity index is 600. The van der Waals surface area contributed by atoms with Gasteiger partial charge in [-0.15, -0.1) is 0 Å². The number of phenols is 2. The number of phenolic OH excluding ortho intramolecular Hbond substituents is 2. The molecule has 0 spiro atoms. The first-order valence-electron chi connectivity index (χ1n) is 6.30. The van der Waals surface area contributed by atoms with E-state index in [1.807, 2.05) is 31.2 Å². The maximum Gasteiger partial charge on any atom is 0.254 e. The highest BCUT2D eigenvalue weighted by atomic mass is 16.3. The second kappa shape index (κ2) is 5.65. The van der Waals surface area contributed by atoms with Crippen molar-refractivity contribution in [1.29, 1.82) is 0 Å². The number of aryl methyl sites for hydroxylation is 1. The van der Waals surface area contributed by atoms with Gasteiger partial charge in [-0.1, -0.05) is 29.8 Å². The van der Waals surface area contributed by atoms with E-state index in [1.54, 1.807) is 11.9 Å². The third-order valence-electron chi connectivity index (χ3n) is 3.04. The van der Waals surface area contributed by atoms with Gasteiger partial charge in [0.2, 0.25) is 0 Å². The highest BCUT2D eigenvalue weighted by molar-refractivity contribution is 5.94. The van der Waals surface area contributed by atoms with Crippen molar-refractivity contribution in [1.82, 2.24) is 4.90 Å². The molecule has 0 fully saturated rings. The van der Waals surface area contributed by atoms with Gasteiger partial charge in [0.05, 0.1) is 0 Å². The first kappa shape index (κ1) is 13.9. The minimum atomic E-state index is -0.253. The van der Waals surface area contributed by atoms with E-state index >= 15 is 0 Å². The lowest BCUT2D eigenvalue weighted by Gasteiger charge is -2.17. The number of aromatic hydroxyl groups is 2. The van der Waals surface area contributed by atoms with Crippen molar-refractivity contribution >= 4 is 5.91 Å². The van der Waals surface area contributed by atoms with Crippen LogP contribution < -0.4 is 0 Å². The molecule has 0 aliphatic rings. The average Bonchev–Trinajstić information content (AvgIpc) is 2.39. The van der Waals surface area contributed by atoms with Crippen molar-refractivity contribution in [3.05, 3.63) is 59.2 Å². The summed E-state index contributed by atoms with van der Waals surface area (Å²) >= 11 is 0. The van der Waals surface area contributed by atoms with Gasteiger partial charge >= 0.3 is 0 Å². The van der Waals surface area contributed by atoms with Crippen molar-refractivity contribution in [3.8, 4) is 11.5 Å². The van der Waals surface area contributed by atoms with Gasteiger partial charge in [-0.3, -0.25) is 4.79 Å². The van der Waals surface area contributed by atoms with E-state index < -0.39 is 0 Å². The van der Waals surface area contributed by atoms with Crippen LogP contribution in [0.1, 0.15) is 21.5 Å². The molecule has 2 aromatic carbocycles. The monoisotopic (exact) mass is 271 g/mol. The molecule has 0 heterocycles. The molecule has 0 aliphatic heterocycles. The number of rotatable bonds is 3. The largest absolute Gasteiger partial charge is 0.508 e. The van der Waals surface area contributed by atoms with E-state index in [2.05, 4.69) is 0 Å². The zero-order valence-corrected chi connectivity index (χ0v) is 11.5. The maximum absolute atomic E-state index is 12.2. The number of nitrogens with zero attached hydrogens (tertiary/aromatic N) is 1. The number of amides is 1. The minimum Gasteiger partial charge on any atom is -0.508 e. The normalized spacial score (nSPS) is 10.3. The van der Waals surface area contributed by atoms with Gasteiger partial charge in [0.1, 0.15) is 11.5 Å². The quantitative estimate of drug-likeness (QED) is 0.902. The van der Waals surface area contributed by atoms with Crippen LogP contribution in [0.3, 0.4) is 0 Å². The zero-order chi connectivity index (χ0) is 14.7. The van der Waals surface area contributed by atoms with E-state index in [1.165, 1.54) is 23.8 Å². The lowest BCUT2D eigenvalue weighted by molar-refractivity contribution is 0.0784. The zero-order valence-electron chi connectivity index (χ0n) is 11.5. The average molecular weight is 271 g/mol. The number of carbonyl (C=O) groups is 1. The van der Waals surface area contributed by atoms with Gasteiger partial charge in [-0.25, -0.2) is 0 Å². The van der Waals surface area contributed by atoms with Crippen LogP contribution >= 0.6 is 0 Å². The van der Waals surface area contributed by atoms with Gasteiger partial charge in [-0.2, -0.15) is 0 Å². The minimum absolute atomic E-state index is 0.128. The third kappa shape index (κ3) is 3.29. The van der Waals surface area contributed by atoms with Gasteiger partial charge in [-0.05, 0) is 24.6 Å². The highest BCUT2D eigenvalue weighted by Gasteiger charge is 2.13. The van der Waals surface area contributed by atoms with Crippen LogP contribution in [0.15, 0.2) is 42.5 Å². The molecule has 0 aromatic heterocycles. The summed E-state index contributed by atoms with van der Waals surface area (Å²) < 4.78 is 0. The predicted molar refractivity (Wildman–Crippen MR) is 76.7 cm³/mol. The molecule has 2 aromatic rings. The summed E-state index contributed by atoms with van der Waals surface area (Å²) in [6.45, 7) is 2.48. The van der Waals surface area contributed by atoms with Crippen LogP contribution in [0.2, 0.25) is 0 Å². The molecule has 0 unspecified atom stereocenters. The molecule has 4 nitrogen and oxygen atoms in total. The van der Waals surface area contributed by atoms with Crippen LogP contribution in [-0.4, -0.2) is 28.1 Å². The van der Waals surface area contributed by atoms with E-state index in [0.717, 1.165) is 5.56 Å². The van der Waals surface area contributed by atoms with E-state index in [-0.39, 0.29) is 23.0 Å². The molecule has 20 heavy (non-hydrogen) atoms. The van der Waals surface area contributed by atoms with Crippen LogP contribution in [0.5, 0.6) is 11.5 Å². The molecular weight excluding hydrogens is 254 g/mol. The van der Waals surface area contributed by atoms with E-state index in [4.69, 9.17) is 0 Å². The third-order valence-corrected chi connectivity index (χ3v) is 3.04. The fourth-order valence-corrected chi connectivity index (χ4v) is 1.98. The number of benzene rings is 2. The second-order valence-electron chi connectivity index (χ2n) is 4.88. The Hall–Kier alpha value is -2.49. The van der Waals surface area contributed by atoms with Crippen molar-refractivity contribution in [2.45, 2.75) is 13.5 Å². The van der Waals surface area contributed by atoms with Crippen LogP contribution in [0, 0.1) is 6.92 Å². The molecule has 0 saturated heterocycles. The summed E-state index contributed by atoms with van der Waals surface area (Å²) in [5.74, 6) is -0.508. The Morgan fingerprint density at radius 2 is 1.60 bits per heavy atom. The lowest BCUT2D eigenvalue weighted by Crippen LogP contribution is -2.26. The highest BCUT2D eigenvalue weighted by Crippen LogP contribution is 2.21. The molecule has 1 amide bonds. The number of carbonyl (C=O) groups excluding carboxylic acids is 1. The van der Waals surface area contributed by atoms with E-state index in [0.29, 0.717) is 6.54 Å². The Kier molecular flexibility index (Phi) is 3.94. The molecule has 2 rings (SSSR count). The summed E-state index contributed by atoms with van der Waals surface area (Å²) in [5.41, 5.74) is 2.45. The fourth-order valence-electron chi connectivity index (χ4n) is 1.98. The molecular formula is C16H17NO3. The molecule has 0 bridgehead atoms. The molecule has 4 heteroatoms. The SMILES string of the molecule is Cc1ccc(CN(C)C(=O)c2cc(O)cc(O)c2)cc1. The van der Waals surface area contributed by atoms with Gasteiger partial charge < -0.3 is 15.1 Å². The molecule has 104 valence electrons. The number of hydrogen-bond donors (Lipinski definition) is 2. The van der Waals surface area contributed by atoms with Crippen LogP contribution in [-0.2, 0) is 6.54 Å².